The van der Waals surface area contributed by atoms with Crippen LogP contribution in [0.5, 0.6) is 5.75 Å². The number of hydrogen-bond acceptors (Lipinski definition) is 3. The van der Waals surface area contributed by atoms with Crippen LogP contribution < -0.4 is 10.1 Å². The molecule has 3 aliphatic rings. The topological polar surface area (TPSA) is 58.6 Å². The zero-order valence-electron chi connectivity index (χ0n) is 18.1. The van der Waals surface area contributed by atoms with Gasteiger partial charge in [0.15, 0.2) is 0 Å². The third-order valence-corrected chi connectivity index (χ3v) is 7.52. The van der Waals surface area contributed by atoms with Crippen LogP contribution in [0.15, 0.2) is 48.5 Å². The monoisotopic (exact) mass is 418 g/mol. The van der Waals surface area contributed by atoms with E-state index in [1.807, 2.05) is 48.5 Å². The average Bonchev–Trinajstić information content (AvgIpc) is 3.48. The van der Waals surface area contributed by atoms with Crippen LogP contribution in [-0.4, -0.2) is 35.4 Å². The summed E-state index contributed by atoms with van der Waals surface area (Å²) in [6, 6.07) is 15.4. The zero-order valence-corrected chi connectivity index (χ0v) is 18.1. The number of nitrogens with zero attached hydrogens (tertiary/aromatic N) is 1. The molecule has 2 aliphatic carbocycles. The Bertz CT molecular complexity index is 972. The van der Waals surface area contributed by atoms with Gasteiger partial charge in [-0.2, -0.15) is 0 Å². The SMILES string of the molecule is COc1ccc(NC(=O)[C@H]2c3ccccc3C(=O)N(C3CCCC3)C23CCCC3)cc1. The Labute approximate surface area is 183 Å². The van der Waals surface area contributed by atoms with Gasteiger partial charge in [0, 0.05) is 17.3 Å². The van der Waals surface area contributed by atoms with Gasteiger partial charge in [-0.25, -0.2) is 0 Å². The van der Waals surface area contributed by atoms with Crippen molar-refractivity contribution in [1.29, 1.82) is 0 Å². The second-order valence-corrected chi connectivity index (χ2v) is 9.16. The maximum atomic E-state index is 13.8. The molecule has 2 amide bonds. The van der Waals surface area contributed by atoms with Gasteiger partial charge in [0.25, 0.3) is 5.91 Å². The Morgan fingerprint density at radius 1 is 1.00 bits per heavy atom. The van der Waals surface area contributed by atoms with E-state index in [9.17, 15) is 9.59 Å². The molecule has 162 valence electrons. The molecule has 0 unspecified atom stereocenters. The summed E-state index contributed by atoms with van der Waals surface area (Å²) in [4.78, 5) is 29.7. The Balaban J connectivity index is 1.57. The third-order valence-electron chi connectivity index (χ3n) is 7.52. The first-order valence-electron chi connectivity index (χ1n) is 11.5. The predicted molar refractivity (Wildman–Crippen MR) is 120 cm³/mol. The van der Waals surface area contributed by atoms with Crippen LogP contribution in [0.1, 0.15) is 73.2 Å². The van der Waals surface area contributed by atoms with E-state index >= 15 is 0 Å². The fourth-order valence-corrected chi connectivity index (χ4v) is 6.19. The summed E-state index contributed by atoms with van der Waals surface area (Å²) in [7, 11) is 1.63. The van der Waals surface area contributed by atoms with Crippen LogP contribution in [-0.2, 0) is 4.79 Å². The van der Waals surface area contributed by atoms with E-state index in [2.05, 4.69) is 10.2 Å². The molecule has 0 aromatic heterocycles. The lowest BCUT2D eigenvalue weighted by molar-refractivity contribution is -0.121. The molecule has 2 fully saturated rings. The van der Waals surface area contributed by atoms with E-state index in [-0.39, 0.29) is 23.8 Å². The molecule has 1 aliphatic heterocycles. The van der Waals surface area contributed by atoms with Gasteiger partial charge in [-0.15, -0.1) is 0 Å². The lowest BCUT2D eigenvalue weighted by atomic mass is 9.70. The molecule has 31 heavy (non-hydrogen) atoms. The zero-order chi connectivity index (χ0) is 21.4. The van der Waals surface area contributed by atoms with Gasteiger partial charge in [-0.05, 0) is 61.6 Å². The molecular weight excluding hydrogens is 388 g/mol. The van der Waals surface area contributed by atoms with Crippen molar-refractivity contribution in [3.8, 4) is 5.75 Å². The average molecular weight is 419 g/mol. The normalized spacial score (nSPS) is 22.5. The Kier molecular flexibility index (Phi) is 5.20. The van der Waals surface area contributed by atoms with Crippen LogP contribution in [0.2, 0.25) is 0 Å². The highest BCUT2D eigenvalue weighted by molar-refractivity contribution is 6.05. The molecule has 1 atom stereocenters. The van der Waals surface area contributed by atoms with Gasteiger partial charge >= 0.3 is 0 Å². The number of carbonyl (C=O) groups is 2. The maximum Gasteiger partial charge on any atom is 0.254 e. The molecule has 5 heteroatoms. The summed E-state index contributed by atoms with van der Waals surface area (Å²) >= 11 is 0. The highest BCUT2D eigenvalue weighted by Crippen LogP contribution is 2.52. The van der Waals surface area contributed by atoms with E-state index in [0.29, 0.717) is 5.56 Å². The number of anilines is 1. The molecule has 2 saturated carbocycles. The number of amides is 2. The number of hydrogen-bond donors (Lipinski definition) is 1. The molecule has 0 saturated heterocycles. The minimum atomic E-state index is -0.420. The summed E-state index contributed by atoms with van der Waals surface area (Å²) in [5, 5.41) is 3.15. The predicted octanol–water partition coefficient (Wildman–Crippen LogP) is 5.13. The van der Waals surface area contributed by atoms with Crippen molar-refractivity contribution in [2.45, 2.75) is 68.9 Å². The minimum absolute atomic E-state index is 0.0185. The Hall–Kier alpha value is -2.82. The van der Waals surface area contributed by atoms with Gasteiger partial charge in [0.2, 0.25) is 5.91 Å². The fourth-order valence-electron chi connectivity index (χ4n) is 6.19. The molecule has 1 spiro atoms. The van der Waals surface area contributed by atoms with Crippen molar-refractivity contribution in [1.82, 2.24) is 4.90 Å². The lowest BCUT2D eigenvalue weighted by Crippen LogP contribution is -2.62. The second-order valence-electron chi connectivity index (χ2n) is 9.16. The number of nitrogens with one attached hydrogen (secondary N) is 1. The van der Waals surface area contributed by atoms with E-state index in [0.717, 1.165) is 68.4 Å². The summed E-state index contributed by atoms with van der Waals surface area (Å²) in [6.07, 6.45) is 8.32. The molecule has 5 rings (SSSR count). The number of carbonyl (C=O) groups excluding carboxylic acids is 2. The van der Waals surface area contributed by atoms with E-state index in [4.69, 9.17) is 4.74 Å². The van der Waals surface area contributed by atoms with E-state index in [1.165, 1.54) is 0 Å². The van der Waals surface area contributed by atoms with Crippen LogP contribution >= 0.6 is 0 Å². The molecular formula is C26H30N2O3. The van der Waals surface area contributed by atoms with Crippen molar-refractivity contribution >= 4 is 17.5 Å². The van der Waals surface area contributed by atoms with Gasteiger partial charge < -0.3 is 15.0 Å². The quantitative estimate of drug-likeness (QED) is 0.749. The number of methoxy groups -OCH3 is 1. The molecule has 2 aromatic rings. The smallest absolute Gasteiger partial charge is 0.254 e. The second kappa shape index (κ2) is 8.03. The minimum Gasteiger partial charge on any atom is -0.497 e. The van der Waals surface area contributed by atoms with E-state index in [1.54, 1.807) is 7.11 Å². The molecule has 0 bridgehead atoms. The first kappa shape index (κ1) is 20.1. The highest BCUT2D eigenvalue weighted by atomic mass is 16.5. The number of fused-ring (bicyclic) bond motifs is 1. The standard InChI is InChI=1S/C26H30N2O3/c1-31-20-14-12-18(13-15-20)27-24(29)23-21-10-4-5-11-22(21)25(30)28(19-8-2-3-9-19)26(23)16-6-7-17-26/h4-5,10-15,19,23H,2-3,6-9,16-17H2,1H3,(H,27,29)/t23-/m1/s1. The van der Waals surface area contributed by atoms with Gasteiger partial charge in [-0.3, -0.25) is 9.59 Å². The Morgan fingerprint density at radius 2 is 1.68 bits per heavy atom. The molecule has 2 aromatic carbocycles. The number of ether oxygens (including phenoxy) is 1. The van der Waals surface area contributed by atoms with Gasteiger partial charge in [-0.1, -0.05) is 43.9 Å². The maximum absolute atomic E-state index is 13.8. The summed E-state index contributed by atoms with van der Waals surface area (Å²) in [5.41, 5.74) is 1.91. The first-order chi connectivity index (χ1) is 15.1. The van der Waals surface area contributed by atoms with Crippen molar-refractivity contribution in [2.24, 2.45) is 0 Å². The van der Waals surface area contributed by atoms with Gasteiger partial charge in [0.1, 0.15) is 5.75 Å². The van der Waals surface area contributed by atoms with Crippen molar-refractivity contribution in [3.05, 3.63) is 59.7 Å². The molecule has 1 N–H and O–H groups in total. The van der Waals surface area contributed by atoms with Crippen LogP contribution in [0, 0.1) is 0 Å². The summed E-state index contributed by atoms with van der Waals surface area (Å²) in [5.74, 6) is 0.505. The lowest BCUT2D eigenvalue weighted by Gasteiger charge is -2.52. The highest BCUT2D eigenvalue weighted by Gasteiger charge is 2.57. The summed E-state index contributed by atoms with van der Waals surface area (Å²) in [6.45, 7) is 0. The van der Waals surface area contributed by atoms with Crippen molar-refractivity contribution in [3.63, 3.8) is 0 Å². The van der Waals surface area contributed by atoms with Crippen molar-refractivity contribution < 1.29 is 14.3 Å². The molecule has 1 heterocycles. The molecule has 5 nitrogen and oxygen atoms in total. The summed E-state index contributed by atoms with van der Waals surface area (Å²) < 4.78 is 5.24. The van der Waals surface area contributed by atoms with Crippen LogP contribution in [0.25, 0.3) is 0 Å². The first-order valence-corrected chi connectivity index (χ1v) is 11.5. The van der Waals surface area contributed by atoms with Crippen molar-refractivity contribution in [2.75, 3.05) is 12.4 Å². The van der Waals surface area contributed by atoms with Crippen LogP contribution in [0.3, 0.4) is 0 Å². The molecule has 0 radical (unpaired) electrons. The Morgan fingerprint density at radius 3 is 2.35 bits per heavy atom. The fraction of sp³-hybridized carbons (Fsp3) is 0.462. The van der Waals surface area contributed by atoms with Gasteiger partial charge in [0.05, 0.1) is 18.6 Å². The number of rotatable bonds is 4. The number of benzene rings is 2. The van der Waals surface area contributed by atoms with Crippen LogP contribution in [0.4, 0.5) is 5.69 Å². The largest absolute Gasteiger partial charge is 0.497 e. The third kappa shape index (κ3) is 3.31. The van der Waals surface area contributed by atoms with E-state index < -0.39 is 5.54 Å².